The van der Waals surface area contributed by atoms with Gasteiger partial charge in [-0.1, -0.05) is 6.92 Å². The van der Waals surface area contributed by atoms with E-state index in [-0.39, 0.29) is 23.5 Å². The van der Waals surface area contributed by atoms with Crippen LogP contribution in [-0.4, -0.2) is 29.0 Å². The topological polar surface area (TPSA) is 72.1 Å². The maximum Gasteiger partial charge on any atom is 0.222 e. The number of carbonyl (C=O) groups excluding carboxylic acids is 1. The third-order valence-electron chi connectivity index (χ3n) is 3.07. The number of hydrogen-bond acceptors (Lipinski definition) is 4. The molecular formula is C11H15FN4O. The van der Waals surface area contributed by atoms with Crippen molar-refractivity contribution in [2.75, 3.05) is 18.0 Å². The second-order valence-corrected chi connectivity index (χ2v) is 4.15. The lowest BCUT2D eigenvalue weighted by atomic mass is 10.1. The molecule has 1 aliphatic heterocycles. The molecule has 1 aromatic rings. The zero-order valence-electron chi connectivity index (χ0n) is 9.69. The average molecular weight is 238 g/mol. The van der Waals surface area contributed by atoms with Gasteiger partial charge in [0.25, 0.3) is 0 Å². The highest BCUT2D eigenvalue weighted by Gasteiger charge is 2.29. The van der Waals surface area contributed by atoms with Crippen molar-refractivity contribution in [3.05, 3.63) is 17.8 Å². The molecular weight excluding hydrogens is 223 g/mol. The highest BCUT2D eigenvalue weighted by Crippen LogP contribution is 2.25. The minimum absolute atomic E-state index is 0.213. The van der Waals surface area contributed by atoms with E-state index in [1.54, 1.807) is 4.90 Å². The van der Waals surface area contributed by atoms with Crippen LogP contribution in [0.25, 0.3) is 0 Å². The molecule has 2 N–H and O–H groups in total. The van der Waals surface area contributed by atoms with Crippen molar-refractivity contribution in [3.8, 4) is 0 Å². The van der Waals surface area contributed by atoms with Gasteiger partial charge in [-0.25, -0.2) is 14.4 Å². The van der Waals surface area contributed by atoms with Gasteiger partial charge in [0.05, 0.1) is 11.6 Å². The Labute approximate surface area is 98.8 Å². The average Bonchev–Trinajstić information content (AvgIpc) is 2.78. The Morgan fingerprint density at radius 3 is 3.00 bits per heavy atom. The summed E-state index contributed by atoms with van der Waals surface area (Å²) < 4.78 is 14.0. The van der Waals surface area contributed by atoms with Gasteiger partial charge >= 0.3 is 0 Å². The van der Waals surface area contributed by atoms with Gasteiger partial charge in [-0.2, -0.15) is 0 Å². The summed E-state index contributed by atoms with van der Waals surface area (Å²) in [7, 11) is 0. The Balaban J connectivity index is 2.22. The monoisotopic (exact) mass is 238 g/mol. The van der Waals surface area contributed by atoms with Crippen LogP contribution in [0.15, 0.2) is 6.33 Å². The molecule has 1 unspecified atom stereocenters. The molecule has 92 valence electrons. The lowest BCUT2D eigenvalue weighted by molar-refractivity contribution is -0.121. The molecule has 1 saturated heterocycles. The molecule has 0 radical (unpaired) electrons. The maximum absolute atomic E-state index is 14.0. The van der Waals surface area contributed by atoms with Crippen LogP contribution in [0.1, 0.15) is 19.0 Å². The Bertz CT molecular complexity index is 437. The van der Waals surface area contributed by atoms with Crippen LogP contribution in [0.2, 0.25) is 0 Å². The highest BCUT2D eigenvalue weighted by atomic mass is 19.1. The second-order valence-electron chi connectivity index (χ2n) is 4.15. The SMILES string of the molecule is CCc1ncnc(N2CCC(C(N)=O)C2)c1F. The fourth-order valence-corrected chi connectivity index (χ4v) is 2.05. The van der Waals surface area contributed by atoms with E-state index in [1.165, 1.54) is 6.33 Å². The lowest BCUT2D eigenvalue weighted by Crippen LogP contribution is -2.28. The van der Waals surface area contributed by atoms with Crippen LogP contribution in [0.4, 0.5) is 10.2 Å². The molecule has 0 aromatic carbocycles. The first kappa shape index (κ1) is 11.8. The van der Waals surface area contributed by atoms with Gasteiger partial charge < -0.3 is 10.6 Å². The molecule has 2 heterocycles. The number of aryl methyl sites for hydroxylation is 1. The summed E-state index contributed by atoms with van der Waals surface area (Å²) in [5, 5.41) is 0. The molecule has 0 bridgehead atoms. The summed E-state index contributed by atoms with van der Waals surface area (Å²) in [5.41, 5.74) is 5.64. The van der Waals surface area contributed by atoms with Crippen molar-refractivity contribution >= 4 is 11.7 Å². The zero-order chi connectivity index (χ0) is 12.4. The smallest absolute Gasteiger partial charge is 0.222 e. The number of rotatable bonds is 3. The van der Waals surface area contributed by atoms with Crippen LogP contribution in [0.5, 0.6) is 0 Å². The van der Waals surface area contributed by atoms with Gasteiger partial charge in [-0.3, -0.25) is 4.79 Å². The van der Waals surface area contributed by atoms with Gasteiger partial charge in [0.2, 0.25) is 5.91 Å². The number of hydrogen-bond donors (Lipinski definition) is 1. The van der Waals surface area contributed by atoms with Crippen LogP contribution in [0, 0.1) is 11.7 Å². The van der Waals surface area contributed by atoms with E-state index in [1.807, 2.05) is 6.92 Å². The number of carbonyl (C=O) groups is 1. The molecule has 1 aromatic heterocycles. The molecule has 5 nitrogen and oxygen atoms in total. The maximum atomic E-state index is 14.0. The number of aromatic nitrogens is 2. The predicted octanol–water partition coefficient (Wildman–Crippen LogP) is 0.490. The number of anilines is 1. The number of nitrogens with two attached hydrogens (primary N) is 1. The standard InChI is InChI=1S/C11H15FN4O/c1-2-8-9(12)11(15-6-14-8)16-4-3-7(5-16)10(13)17/h6-7H,2-5H2,1H3,(H2,13,17). The fraction of sp³-hybridized carbons (Fsp3) is 0.545. The second kappa shape index (κ2) is 4.65. The normalized spacial score (nSPS) is 19.6. The number of amides is 1. The first-order valence-corrected chi connectivity index (χ1v) is 5.67. The van der Waals surface area contributed by atoms with Gasteiger partial charge in [-0.15, -0.1) is 0 Å². The summed E-state index contributed by atoms with van der Waals surface area (Å²) in [5.74, 6) is -0.659. The highest BCUT2D eigenvalue weighted by molar-refractivity contribution is 5.78. The third-order valence-corrected chi connectivity index (χ3v) is 3.07. The fourth-order valence-electron chi connectivity index (χ4n) is 2.05. The summed E-state index contributed by atoms with van der Waals surface area (Å²) in [6.45, 7) is 2.88. The van der Waals surface area contributed by atoms with Crippen molar-refractivity contribution in [1.29, 1.82) is 0 Å². The molecule has 6 heteroatoms. The van der Waals surface area contributed by atoms with Crippen molar-refractivity contribution in [2.24, 2.45) is 11.7 Å². The lowest BCUT2D eigenvalue weighted by Gasteiger charge is -2.18. The summed E-state index contributed by atoms with van der Waals surface area (Å²) >= 11 is 0. The largest absolute Gasteiger partial charge is 0.369 e. The summed E-state index contributed by atoms with van der Waals surface area (Å²) in [6.07, 6.45) is 2.53. The van der Waals surface area contributed by atoms with Crippen LogP contribution in [-0.2, 0) is 11.2 Å². The van der Waals surface area contributed by atoms with Gasteiger partial charge in [0.15, 0.2) is 11.6 Å². The first-order valence-electron chi connectivity index (χ1n) is 5.67. The minimum atomic E-state index is -0.389. The van der Waals surface area contributed by atoms with Crippen LogP contribution >= 0.6 is 0 Å². The van der Waals surface area contributed by atoms with E-state index in [4.69, 9.17) is 5.73 Å². The molecule has 0 saturated carbocycles. The molecule has 1 atom stereocenters. The van der Waals surface area contributed by atoms with Gasteiger partial charge in [0.1, 0.15) is 6.33 Å². The zero-order valence-corrected chi connectivity index (χ0v) is 9.69. The molecule has 0 aliphatic carbocycles. The quantitative estimate of drug-likeness (QED) is 0.831. The van der Waals surface area contributed by atoms with Crippen molar-refractivity contribution in [2.45, 2.75) is 19.8 Å². The van der Waals surface area contributed by atoms with Crippen molar-refractivity contribution in [1.82, 2.24) is 9.97 Å². The summed E-state index contributed by atoms with van der Waals surface area (Å²) in [4.78, 5) is 20.6. The van der Waals surface area contributed by atoms with E-state index >= 15 is 0 Å². The summed E-state index contributed by atoms with van der Waals surface area (Å²) in [6, 6.07) is 0. The Kier molecular flexibility index (Phi) is 3.21. The van der Waals surface area contributed by atoms with E-state index in [0.717, 1.165) is 0 Å². The number of primary amides is 1. The number of halogens is 1. The Morgan fingerprint density at radius 2 is 2.41 bits per heavy atom. The third kappa shape index (κ3) is 2.20. The Hall–Kier alpha value is -1.72. The first-order chi connectivity index (χ1) is 8.13. The molecule has 1 aliphatic rings. The van der Waals surface area contributed by atoms with E-state index in [2.05, 4.69) is 9.97 Å². The van der Waals surface area contributed by atoms with E-state index in [0.29, 0.717) is 31.6 Å². The molecule has 17 heavy (non-hydrogen) atoms. The van der Waals surface area contributed by atoms with Gasteiger partial charge in [0, 0.05) is 13.1 Å². The molecule has 2 rings (SSSR count). The predicted molar refractivity (Wildman–Crippen MR) is 60.9 cm³/mol. The molecule has 1 fully saturated rings. The van der Waals surface area contributed by atoms with E-state index < -0.39 is 0 Å². The minimum Gasteiger partial charge on any atom is -0.369 e. The van der Waals surface area contributed by atoms with Gasteiger partial charge in [-0.05, 0) is 12.8 Å². The number of nitrogens with zero attached hydrogens (tertiary/aromatic N) is 3. The van der Waals surface area contributed by atoms with Crippen molar-refractivity contribution in [3.63, 3.8) is 0 Å². The van der Waals surface area contributed by atoms with Crippen LogP contribution in [0.3, 0.4) is 0 Å². The van der Waals surface area contributed by atoms with Crippen molar-refractivity contribution < 1.29 is 9.18 Å². The van der Waals surface area contributed by atoms with Crippen LogP contribution < -0.4 is 10.6 Å². The molecule has 1 amide bonds. The molecule has 0 spiro atoms. The van der Waals surface area contributed by atoms with E-state index in [9.17, 15) is 9.18 Å². The Morgan fingerprint density at radius 1 is 1.65 bits per heavy atom.